The lowest BCUT2D eigenvalue weighted by atomic mass is 10.2. The monoisotopic (exact) mass is 337 g/mol. The lowest BCUT2D eigenvalue weighted by molar-refractivity contribution is 0.612. The number of aromatic nitrogens is 2. The van der Waals surface area contributed by atoms with Crippen LogP contribution in [0.5, 0.6) is 0 Å². The first-order valence-corrected chi connectivity index (χ1v) is 6.76. The molecule has 2 aromatic rings. The fourth-order valence-corrected chi connectivity index (χ4v) is 2.12. The van der Waals surface area contributed by atoms with Gasteiger partial charge in [-0.15, -0.1) is 6.58 Å². The van der Waals surface area contributed by atoms with Crippen molar-refractivity contribution in [2.24, 2.45) is 0 Å². The van der Waals surface area contributed by atoms with Crippen LogP contribution in [0.1, 0.15) is 5.56 Å². The zero-order valence-electron chi connectivity index (χ0n) is 10.6. The molecule has 0 aliphatic rings. The Hall–Kier alpha value is -1.95. The van der Waals surface area contributed by atoms with Crippen LogP contribution in [0.3, 0.4) is 0 Å². The zero-order chi connectivity index (χ0) is 14.5. The van der Waals surface area contributed by atoms with Crippen LogP contribution in [0.25, 0.3) is 0 Å². The summed E-state index contributed by atoms with van der Waals surface area (Å²) < 4.78 is 15.1. The molecule has 0 unspecified atom stereocenters. The summed E-state index contributed by atoms with van der Waals surface area (Å²) in [5, 5.41) is 7.00. The predicted octanol–water partition coefficient (Wildman–Crippen LogP) is 2.94. The van der Waals surface area contributed by atoms with Gasteiger partial charge in [-0.25, -0.2) is 9.07 Å². The van der Waals surface area contributed by atoms with Crippen molar-refractivity contribution in [2.45, 2.75) is 13.1 Å². The number of halogens is 2. The van der Waals surface area contributed by atoms with Gasteiger partial charge in [0.25, 0.3) is 5.56 Å². The molecule has 1 N–H and O–H groups in total. The summed E-state index contributed by atoms with van der Waals surface area (Å²) in [5.74, 6) is -0.288. The van der Waals surface area contributed by atoms with E-state index in [0.717, 1.165) is 0 Å². The molecule has 2 rings (SSSR count). The molecule has 20 heavy (non-hydrogen) atoms. The van der Waals surface area contributed by atoms with Gasteiger partial charge < -0.3 is 5.32 Å². The van der Waals surface area contributed by atoms with E-state index in [1.165, 1.54) is 16.9 Å². The predicted molar refractivity (Wildman–Crippen MR) is 80.1 cm³/mol. The van der Waals surface area contributed by atoms with Crippen LogP contribution in [-0.2, 0) is 13.1 Å². The van der Waals surface area contributed by atoms with Gasteiger partial charge in [-0.1, -0.05) is 24.3 Å². The van der Waals surface area contributed by atoms with Gasteiger partial charge in [0.05, 0.1) is 18.4 Å². The highest BCUT2D eigenvalue weighted by Gasteiger charge is 2.08. The van der Waals surface area contributed by atoms with E-state index >= 15 is 0 Å². The normalized spacial score (nSPS) is 10.3. The molecule has 0 amide bonds. The first-order valence-electron chi connectivity index (χ1n) is 5.97. The molecule has 6 heteroatoms. The Morgan fingerprint density at radius 3 is 2.90 bits per heavy atom. The van der Waals surface area contributed by atoms with Gasteiger partial charge >= 0.3 is 0 Å². The third-order valence-electron chi connectivity index (χ3n) is 2.71. The average Bonchev–Trinajstić information content (AvgIpc) is 2.45. The van der Waals surface area contributed by atoms with Crippen LogP contribution in [0.4, 0.5) is 10.1 Å². The summed E-state index contributed by atoms with van der Waals surface area (Å²) in [6.07, 6.45) is 3.11. The van der Waals surface area contributed by atoms with Crippen LogP contribution in [0, 0.1) is 5.82 Å². The second kappa shape index (κ2) is 6.47. The molecule has 0 spiro atoms. The standard InChI is InChI=1S/C14H13BrFN3O/c1-2-7-19-14(20)13(15)12(9-18-19)17-8-10-5-3-4-6-11(10)16/h2-6,9,17H,1,7-8H2. The lowest BCUT2D eigenvalue weighted by Gasteiger charge is -2.10. The molecule has 0 atom stereocenters. The van der Waals surface area contributed by atoms with Crippen molar-refractivity contribution in [3.63, 3.8) is 0 Å². The second-order valence-corrected chi connectivity index (χ2v) is 4.89. The molecule has 1 heterocycles. The molecule has 0 bridgehead atoms. The number of hydrogen-bond acceptors (Lipinski definition) is 3. The van der Waals surface area contributed by atoms with E-state index in [1.807, 2.05) is 0 Å². The Kier molecular flexibility index (Phi) is 4.68. The van der Waals surface area contributed by atoms with Crippen LogP contribution in [0.15, 0.2) is 52.4 Å². The number of rotatable bonds is 5. The SMILES string of the molecule is C=CCn1ncc(NCc2ccccc2F)c(Br)c1=O. The summed E-state index contributed by atoms with van der Waals surface area (Å²) in [7, 11) is 0. The lowest BCUT2D eigenvalue weighted by Crippen LogP contribution is -2.24. The van der Waals surface area contributed by atoms with Crippen molar-refractivity contribution in [2.75, 3.05) is 5.32 Å². The Morgan fingerprint density at radius 2 is 2.20 bits per heavy atom. The van der Waals surface area contributed by atoms with Crippen LogP contribution in [-0.4, -0.2) is 9.78 Å². The third-order valence-corrected chi connectivity index (χ3v) is 3.48. The largest absolute Gasteiger partial charge is 0.378 e. The summed E-state index contributed by atoms with van der Waals surface area (Å²) in [6.45, 7) is 4.18. The first kappa shape index (κ1) is 14.5. The maximum Gasteiger partial charge on any atom is 0.283 e. The molecular formula is C14H13BrFN3O. The quantitative estimate of drug-likeness (QED) is 0.853. The van der Waals surface area contributed by atoms with Crippen molar-refractivity contribution in [1.82, 2.24) is 9.78 Å². The van der Waals surface area contributed by atoms with E-state index in [-0.39, 0.29) is 17.9 Å². The smallest absolute Gasteiger partial charge is 0.283 e. The summed E-state index contributed by atoms with van der Waals surface area (Å²) >= 11 is 3.23. The first-order chi connectivity index (χ1) is 9.63. The van der Waals surface area contributed by atoms with Gasteiger partial charge in [-0.3, -0.25) is 4.79 Å². The summed E-state index contributed by atoms with van der Waals surface area (Å²) in [6, 6.07) is 6.47. The number of allylic oxidation sites excluding steroid dienone is 1. The van der Waals surface area contributed by atoms with Crippen LogP contribution >= 0.6 is 15.9 Å². The van der Waals surface area contributed by atoms with Crippen molar-refractivity contribution in [1.29, 1.82) is 0 Å². The van der Waals surface area contributed by atoms with Gasteiger partial charge in [0.15, 0.2) is 0 Å². The van der Waals surface area contributed by atoms with Crippen LogP contribution < -0.4 is 10.9 Å². The van der Waals surface area contributed by atoms with Crippen molar-refractivity contribution >= 4 is 21.6 Å². The maximum atomic E-state index is 13.5. The molecule has 0 fully saturated rings. The molecule has 4 nitrogen and oxygen atoms in total. The number of nitrogens with one attached hydrogen (secondary N) is 1. The zero-order valence-corrected chi connectivity index (χ0v) is 12.2. The maximum absolute atomic E-state index is 13.5. The summed E-state index contributed by atoms with van der Waals surface area (Å²) in [5.41, 5.74) is 0.789. The Labute approximate surface area is 124 Å². The molecule has 1 aromatic heterocycles. The molecule has 0 aliphatic carbocycles. The highest BCUT2D eigenvalue weighted by atomic mass is 79.9. The molecule has 0 saturated carbocycles. The molecule has 0 radical (unpaired) electrons. The molecule has 0 saturated heterocycles. The number of hydrogen-bond donors (Lipinski definition) is 1. The average molecular weight is 338 g/mol. The van der Waals surface area contributed by atoms with Crippen LogP contribution in [0.2, 0.25) is 0 Å². The number of nitrogens with zero attached hydrogens (tertiary/aromatic N) is 2. The highest BCUT2D eigenvalue weighted by molar-refractivity contribution is 9.10. The van der Waals surface area contributed by atoms with Gasteiger partial charge in [-0.2, -0.15) is 5.10 Å². The number of benzene rings is 1. The van der Waals surface area contributed by atoms with E-state index in [4.69, 9.17) is 0 Å². The van der Waals surface area contributed by atoms with Crippen molar-refractivity contribution in [3.05, 3.63) is 69.3 Å². The van der Waals surface area contributed by atoms with Crippen molar-refractivity contribution in [3.8, 4) is 0 Å². The van der Waals surface area contributed by atoms with Gasteiger partial charge in [0.1, 0.15) is 10.3 Å². The van der Waals surface area contributed by atoms with E-state index in [9.17, 15) is 9.18 Å². The van der Waals surface area contributed by atoms with E-state index in [0.29, 0.717) is 22.3 Å². The molecule has 0 aliphatic heterocycles. The molecule has 1 aromatic carbocycles. The second-order valence-electron chi connectivity index (χ2n) is 4.09. The highest BCUT2D eigenvalue weighted by Crippen LogP contribution is 2.17. The van der Waals surface area contributed by atoms with Gasteiger partial charge in [0, 0.05) is 12.1 Å². The topological polar surface area (TPSA) is 46.9 Å². The van der Waals surface area contributed by atoms with Gasteiger partial charge in [-0.05, 0) is 22.0 Å². The minimum absolute atomic E-state index is 0.261. The van der Waals surface area contributed by atoms with E-state index < -0.39 is 0 Å². The fraction of sp³-hybridized carbons (Fsp3) is 0.143. The Morgan fingerprint density at radius 1 is 1.45 bits per heavy atom. The van der Waals surface area contributed by atoms with E-state index in [1.54, 1.807) is 24.3 Å². The third kappa shape index (κ3) is 3.14. The Balaban J connectivity index is 2.19. The van der Waals surface area contributed by atoms with Gasteiger partial charge in [0.2, 0.25) is 0 Å². The number of anilines is 1. The Bertz CT molecular complexity index is 684. The summed E-state index contributed by atoms with van der Waals surface area (Å²) in [4.78, 5) is 11.9. The minimum atomic E-state index is -0.288. The minimum Gasteiger partial charge on any atom is -0.378 e. The molecular weight excluding hydrogens is 325 g/mol. The van der Waals surface area contributed by atoms with E-state index in [2.05, 4.69) is 32.9 Å². The molecule has 104 valence electrons. The fourth-order valence-electron chi connectivity index (χ4n) is 1.67. The van der Waals surface area contributed by atoms with Crippen molar-refractivity contribution < 1.29 is 4.39 Å².